The molecule has 1 fully saturated rings. The fourth-order valence-electron chi connectivity index (χ4n) is 3.76. The number of nitrogens with zero attached hydrogens (tertiary/aromatic N) is 2. The number of hydrogen-bond donors (Lipinski definition) is 2. The maximum Gasteiger partial charge on any atom is 0.0864 e. The number of hydrogen-bond acceptors (Lipinski definition) is 5. The van der Waals surface area contributed by atoms with E-state index in [-0.39, 0.29) is 0 Å². The van der Waals surface area contributed by atoms with E-state index in [1.165, 1.54) is 11.3 Å². The molecule has 0 aromatic heterocycles. The van der Waals surface area contributed by atoms with Crippen molar-refractivity contribution in [2.45, 2.75) is 18.9 Å². The molecule has 2 aromatic carbocycles. The van der Waals surface area contributed by atoms with E-state index >= 15 is 0 Å². The number of nitrogens with one attached hydrogen (secondary N) is 2. The maximum absolute atomic E-state index is 5.20. The average molecular weight is 350 g/mol. The van der Waals surface area contributed by atoms with E-state index < -0.39 is 0 Å². The minimum Gasteiger partial charge on any atom is -0.385 e. The molecule has 0 spiro atoms. The topological polar surface area (TPSA) is 48.9 Å². The normalized spacial score (nSPS) is 18.7. The summed E-state index contributed by atoms with van der Waals surface area (Å²) in [6.07, 6.45) is 4.23. The zero-order chi connectivity index (χ0) is 17.8. The molecule has 0 amide bonds. The van der Waals surface area contributed by atoms with E-state index in [4.69, 9.17) is 9.73 Å². The van der Waals surface area contributed by atoms with E-state index in [0.29, 0.717) is 6.04 Å². The Morgan fingerprint density at radius 1 is 1.15 bits per heavy atom. The molecule has 1 saturated heterocycles. The van der Waals surface area contributed by atoms with Crippen LogP contribution in [-0.2, 0) is 4.74 Å². The Labute approximate surface area is 155 Å². The average Bonchev–Trinajstić information content (AvgIpc) is 2.87. The van der Waals surface area contributed by atoms with Crippen molar-refractivity contribution in [1.29, 1.82) is 0 Å². The van der Waals surface area contributed by atoms with Crippen molar-refractivity contribution in [3.05, 3.63) is 48.0 Å². The lowest BCUT2D eigenvalue weighted by molar-refractivity contribution is 0.188. The van der Waals surface area contributed by atoms with Crippen LogP contribution in [0, 0.1) is 0 Å². The van der Waals surface area contributed by atoms with E-state index in [2.05, 4.69) is 39.8 Å². The summed E-state index contributed by atoms with van der Waals surface area (Å²) in [5.74, 6) is 0. The molecule has 0 bridgehead atoms. The molecule has 26 heavy (non-hydrogen) atoms. The number of ether oxygens (including phenoxy) is 1. The van der Waals surface area contributed by atoms with E-state index in [1.54, 1.807) is 7.11 Å². The number of piperazine rings is 1. The summed E-state index contributed by atoms with van der Waals surface area (Å²) in [4.78, 5) is 7.20. The molecule has 5 nitrogen and oxygen atoms in total. The first kappa shape index (κ1) is 17.1. The standard InChI is InChI=1S/C21H26N4O/c1-26-13-5-6-16-15-25(12-11-22-16)21-10-4-9-18-17(21)14-23-19-7-2-3-8-20(19)24-18/h2-4,7-10,14,16,22,24H,5-6,11-13,15H2,1H3. The van der Waals surface area contributed by atoms with Crippen LogP contribution in [0.3, 0.4) is 0 Å². The van der Waals surface area contributed by atoms with Crippen molar-refractivity contribution >= 4 is 29.0 Å². The first-order valence-corrected chi connectivity index (χ1v) is 9.35. The molecule has 1 atom stereocenters. The minimum atomic E-state index is 0.502. The van der Waals surface area contributed by atoms with Gasteiger partial charge in [0, 0.05) is 62.5 Å². The number of benzene rings is 2. The Kier molecular flexibility index (Phi) is 5.18. The lowest BCUT2D eigenvalue weighted by Gasteiger charge is -2.36. The van der Waals surface area contributed by atoms with Gasteiger partial charge in [-0.2, -0.15) is 0 Å². The molecule has 0 saturated carbocycles. The van der Waals surface area contributed by atoms with Crippen molar-refractivity contribution in [2.24, 2.45) is 4.99 Å². The zero-order valence-electron chi connectivity index (χ0n) is 15.2. The Morgan fingerprint density at radius 3 is 2.96 bits per heavy atom. The predicted molar refractivity (Wildman–Crippen MR) is 109 cm³/mol. The largest absolute Gasteiger partial charge is 0.385 e. The van der Waals surface area contributed by atoms with Crippen LogP contribution in [-0.4, -0.2) is 45.6 Å². The molecule has 136 valence electrons. The number of para-hydroxylation sites is 2. The van der Waals surface area contributed by atoms with Crippen molar-refractivity contribution in [1.82, 2.24) is 5.32 Å². The van der Waals surface area contributed by atoms with Gasteiger partial charge in [0.1, 0.15) is 0 Å². The summed E-state index contributed by atoms with van der Waals surface area (Å²) in [5.41, 5.74) is 5.57. The maximum atomic E-state index is 5.20. The van der Waals surface area contributed by atoms with Gasteiger partial charge in [-0.1, -0.05) is 18.2 Å². The fourth-order valence-corrected chi connectivity index (χ4v) is 3.76. The summed E-state index contributed by atoms with van der Waals surface area (Å²) in [7, 11) is 1.77. The SMILES string of the molecule is COCCCC1CN(c2cccc3c2C=Nc2ccccc2N3)CCN1. The van der Waals surface area contributed by atoms with Crippen molar-refractivity contribution in [2.75, 3.05) is 43.6 Å². The van der Waals surface area contributed by atoms with Gasteiger partial charge in [0.15, 0.2) is 0 Å². The molecule has 4 rings (SSSR count). The number of aliphatic imine (C=N–C) groups is 1. The second-order valence-corrected chi connectivity index (χ2v) is 6.87. The Hall–Kier alpha value is -2.37. The third-order valence-corrected chi connectivity index (χ3v) is 5.09. The van der Waals surface area contributed by atoms with Crippen molar-refractivity contribution in [3.63, 3.8) is 0 Å². The van der Waals surface area contributed by atoms with Crippen LogP contribution < -0.4 is 15.5 Å². The van der Waals surface area contributed by atoms with Crippen LogP contribution in [0.15, 0.2) is 47.5 Å². The Bertz CT molecular complexity index is 789. The highest BCUT2D eigenvalue weighted by molar-refractivity contribution is 6.00. The first-order valence-electron chi connectivity index (χ1n) is 9.35. The highest BCUT2D eigenvalue weighted by atomic mass is 16.5. The molecule has 2 aliphatic rings. The van der Waals surface area contributed by atoms with Gasteiger partial charge in [-0.25, -0.2) is 0 Å². The van der Waals surface area contributed by atoms with E-state index in [1.807, 2.05) is 24.4 Å². The summed E-state index contributed by atoms with van der Waals surface area (Å²) >= 11 is 0. The van der Waals surface area contributed by atoms with Gasteiger partial charge in [-0.3, -0.25) is 4.99 Å². The zero-order valence-corrected chi connectivity index (χ0v) is 15.2. The molecule has 2 aromatic rings. The molecule has 2 N–H and O–H groups in total. The Balaban J connectivity index is 1.57. The smallest absolute Gasteiger partial charge is 0.0864 e. The van der Waals surface area contributed by atoms with E-state index in [9.17, 15) is 0 Å². The monoisotopic (exact) mass is 350 g/mol. The third-order valence-electron chi connectivity index (χ3n) is 5.09. The number of rotatable bonds is 5. The quantitative estimate of drug-likeness (QED) is 0.689. The van der Waals surface area contributed by atoms with Crippen LogP contribution in [0.5, 0.6) is 0 Å². The van der Waals surface area contributed by atoms with Gasteiger partial charge in [0.2, 0.25) is 0 Å². The van der Waals surface area contributed by atoms with Crippen molar-refractivity contribution in [3.8, 4) is 0 Å². The fraction of sp³-hybridized carbons (Fsp3) is 0.381. The lowest BCUT2D eigenvalue weighted by atomic mass is 10.1. The third kappa shape index (κ3) is 3.59. The predicted octanol–water partition coefficient (Wildman–Crippen LogP) is 3.70. The summed E-state index contributed by atoms with van der Waals surface area (Å²) in [5, 5.41) is 7.19. The highest BCUT2D eigenvalue weighted by Gasteiger charge is 2.22. The van der Waals surface area contributed by atoms with Gasteiger partial charge in [0.25, 0.3) is 0 Å². The summed E-state index contributed by atoms with van der Waals surface area (Å²) in [6.45, 7) is 3.86. The van der Waals surface area contributed by atoms with Gasteiger partial charge < -0.3 is 20.3 Å². The molecule has 5 heteroatoms. The number of methoxy groups -OCH3 is 1. The van der Waals surface area contributed by atoms with Crippen LogP contribution in [0.2, 0.25) is 0 Å². The number of anilines is 3. The summed E-state index contributed by atoms with van der Waals surface area (Å²) in [6, 6.07) is 15.2. The molecular weight excluding hydrogens is 324 g/mol. The van der Waals surface area contributed by atoms with Gasteiger partial charge >= 0.3 is 0 Å². The van der Waals surface area contributed by atoms with Gasteiger partial charge in [-0.15, -0.1) is 0 Å². The van der Waals surface area contributed by atoms with E-state index in [0.717, 1.165) is 56.1 Å². The minimum absolute atomic E-state index is 0.502. The molecular formula is C21H26N4O. The van der Waals surface area contributed by atoms with Crippen LogP contribution >= 0.6 is 0 Å². The molecule has 2 aliphatic heterocycles. The molecule has 1 unspecified atom stereocenters. The Morgan fingerprint density at radius 2 is 2.04 bits per heavy atom. The van der Waals surface area contributed by atoms with Crippen LogP contribution in [0.1, 0.15) is 18.4 Å². The molecule has 2 heterocycles. The van der Waals surface area contributed by atoms with Crippen molar-refractivity contribution < 1.29 is 4.74 Å². The van der Waals surface area contributed by atoms with Gasteiger partial charge in [0.05, 0.1) is 11.4 Å². The van der Waals surface area contributed by atoms with Gasteiger partial charge in [-0.05, 0) is 37.1 Å². The molecule has 0 radical (unpaired) electrons. The first-order chi connectivity index (χ1) is 12.8. The number of fused-ring (bicyclic) bond motifs is 2. The van der Waals surface area contributed by atoms with Crippen LogP contribution in [0.4, 0.5) is 22.7 Å². The second-order valence-electron chi connectivity index (χ2n) is 6.87. The highest BCUT2D eigenvalue weighted by Crippen LogP contribution is 2.35. The second kappa shape index (κ2) is 7.89. The molecule has 0 aliphatic carbocycles. The van der Waals surface area contributed by atoms with Crippen LogP contribution in [0.25, 0.3) is 0 Å². The lowest BCUT2D eigenvalue weighted by Crippen LogP contribution is -2.51. The summed E-state index contributed by atoms with van der Waals surface area (Å²) < 4.78 is 5.20.